The SMILES string of the molecule is CCN1CCCC1CN(C)C(=NC)NCC1CN2CCN1CC2. The Bertz CT molecular complexity index is 404. The molecule has 132 valence electrons. The molecule has 0 aromatic carbocycles. The second-order valence-corrected chi connectivity index (χ2v) is 7.22. The van der Waals surface area contributed by atoms with E-state index < -0.39 is 0 Å². The molecule has 4 aliphatic rings. The Labute approximate surface area is 141 Å². The van der Waals surface area contributed by atoms with Crippen LogP contribution >= 0.6 is 0 Å². The predicted molar refractivity (Wildman–Crippen MR) is 96.1 cm³/mol. The third-order valence-corrected chi connectivity index (χ3v) is 5.85. The van der Waals surface area contributed by atoms with Crippen molar-refractivity contribution in [1.29, 1.82) is 0 Å². The first-order chi connectivity index (χ1) is 11.2. The predicted octanol–water partition coefficient (Wildman–Crippen LogP) is -0.0223. The lowest BCUT2D eigenvalue weighted by molar-refractivity contribution is 0.0152. The van der Waals surface area contributed by atoms with Crippen molar-refractivity contribution in [3.05, 3.63) is 0 Å². The van der Waals surface area contributed by atoms with Gasteiger partial charge in [0, 0.05) is 72.0 Å². The molecular weight excluding hydrogens is 288 g/mol. The topological polar surface area (TPSA) is 37.4 Å². The number of guanidine groups is 1. The number of nitrogens with one attached hydrogen (secondary N) is 1. The molecule has 4 saturated heterocycles. The third kappa shape index (κ3) is 3.98. The van der Waals surface area contributed by atoms with Gasteiger partial charge in [0.15, 0.2) is 5.96 Å². The third-order valence-electron chi connectivity index (χ3n) is 5.85. The van der Waals surface area contributed by atoms with Crippen LogP contribution in [0.2, 0.25) is 0 Å². The summed E-state index contributed by atoms with van der Waals surface area (Å²) in [5, 5.41) is 3.62. The largest absolute Gasteiger partial charge is 0.355 e. The minimum absolute atomic E-state index is 0.640. The highest BCUT2D eigenvalue weighted by atomic mass is 15.4. The number of aliphatic imine (C=N–C) groups is 1. The van der Waals surface area contributed by atoms with Crippen LogP contribution in [-0.4, -0.2) is 111 Å². The first-order valence-electron chi connectivity index (χ1n) is 9.33. The Hall–Kier alpha value is -0.850. The lowest BCUT2D eigenvalue weighted by atomic mass is 10.1. The molecule has 1 N–H and O–H groups in total. The summed E-state index contributed by atoms with van der Waals surface area (Å²) in [7, 11) is 4.08. The summed E-state index contributed by atoms with van der Waals surface area (Å²) >= 11 is 0. The summed E-state index contributed by atoms with van der Waals surface area (Å²) in [6.07, 6.45) is 2.66. The molecule has 6 heteroatoms. The smallest absolute Gasteiger partial charge is 0.193 e. The van der Waals surface area contributed by atoms with Gasteiger partial charge in [-0.25, -0.2) is 0 Å². The van der Waals surface area contributed by atoms with Gasteiger partial charge in [-0.3, -0.25) is 19.7 Å². The van der Waals surface area contributed by atoms with E-state index in [1.54, 1.807) is 0 Å². The summed E-state index contributed by atoms with van der Waals surface area (Å²) in [6.45, 7) is 12.9. The number of fused-ring (bicyclic) bond motifs is 3. The molecule has 4 fully saturated rings. The average Bonchev–Trinajstić information content (AvgIpc) is 3.03. The molecule has 2 unspecified atom stereocenters. The highest BCUT2D eigenvalue weighted by molar-refractivity contribution is 5.79. The average molecular weight is 323 g/mol. The molecule has 0 aliphatic carbocycles. The van der Waals surface area contributed by atoms with Crippen molar-refractivity contribution in [3.8, 4) is 0 Å². The molecule has 0 aromatic rings. The molecule has 0 radical (unpaired) electrons. The first kappa shape index (κ1) is 17.0. The maximum Gasteiger partial charge on any atom is 0.193 e. The Morgan fingerprint density at radius 2 is 1.96 bits per heavy atom. The summed E-state index contributed by atoms with van der Waals surface area (Å²) in [5.41, 5.74) is 0. The standard InChI is InChI=1S/C17H34N6/c1-4-22-7-5-6-15(22)13-20(3)17(18-2)19-12-16-14-21-8-10-23(16)11-9-21/h15-16H,4-14H2,1-3H3,(H,18,19). The van der Waals surface area contributed by atoms with Crippen LogP contribution in [0.1, 0.15) is 19.8 Å². The Morgan fingerprint density at radius 1 is 1.17 bits per heavy atom. The molecule has 6 nitrogen and oxygen atoms in total. The Kier molecular flexibility index (Phi) is 5.77. The molecule has 0 spiro atoms. The quantitative estimate of drug-likeness (QED) is 0.569. The molecule has 2 bridgehead atoms. The highest BCUT2D eigenvalue weighted by Gasteiger charge is 2.32. The lowest BCUT2D eigenvalue weighted by Gasteiger charge is -2.47. The van der Waals surface area contributed by atoms with Crippen LogP contribution in [-0.2, 0) is 0 Å². The number of likely N-dealkylation sites (tertiary alicyclic amines) is 1. The summed E-state index contributed by atoms with van der Waals surface area (Å²) < 4.78 is 0. The zero-order chi connectivity index (χ0) is 16.2. The van der Waals surface area contributed by atoms with E-state index in [2.05, 4.69) is 43.9 Å². The van der Waals surface area contributed by atoms with Gasteiger partial charge in [-0.2, -0.15) is 0 Å². The second kappa shape index (κ2) is 7.81. The normalized spacial score (nSPS) is 34.8. The van der Waals surface area contributed by atoms with E-state index in [4.69, 9.17) is 0 Å². The van der Waals surface area contributed by atoms with Crippen LogP contribution in [0.3, 0.4) is 0 Å². The van der Waals surface area contributed by atoms with E-state index in [1.165, 1.54) is 52.1 Å². The van der Waals surface area contributed by atoms with E-state index in [9.17, 15) is 0 Å². The van der Waals surface area contributed by atoms with E-state index in [-0.39, 0.29) is 0 Å². The van der Waals surface area contributed by atoms with Gasteiger partial charge in [0.25, 0.3) is 0 Å². The van der Waals surface area contributed by atoms with Gasteiger partial charge in [0.05, 0.1) is 0 Å². The van der Waals surface area contributed by atoms with Crippen LogP contribution in [0, 0.1) is 0 Å². The van der Waals surface area contributed by atoms with Crippen molar-refractivity contribution in [1.82, 2.24) is 24.9 Å². The number of rotatable bonds is 5. The molecule has 4 heterocycles. The molecule has 4 aliphatic heterocycles. The fraction of sp³-hybridized carbons (Fsp3) is 0.941. The van der Waals surface area contributed by atoms with Crippen molar-refractivity contribution in [3.63, 3.8) is 0 Å². The number of nitrogens with zero attached hydrogens (tertiary/aromatic N) is 5. The Morgan fingerprint density at radius 3 is 2.57 bits per heavy atom. The number of hydrogen-bond donors (Lipinski definition) is 1. The monoisotopic (exact) mass is 322 g/mol. The Balaban J connectivity index is 1.47. The summed E-state index contributed by atoms with van der Waals surface area (Å²) in [4.78, 5) is 14.7. The van der Waals surface area contributed by atoms with E-state index in [1.807, 2.05) is 7.05 Å². The van der Waals surface area contributed by atoms with Gasteiger partial charge in [-0.15, -0.1) is 0 Å². The molecule has 23 heavy (non-hydrogen) atoms. The van der Waals surface area contributed by atoms with Gasteiger partial charge in [0.1, 0.15) is 0 Å². The molecule has 0 saturated carbocycles. The van der Waals surface area contributed by atoms with Crippen LogP contribution in [0.25, 0.3) is 0 Å². The van der Waals surface area contributed by atoms with Crippen molar-refractivity contribution >= 4 is 5.96 Å². The van der Waals surface area contributed by atoms with Crippen LogP contribution < -0.4 is 5.32 Å². The van der Waals surface area contributed by atoms with E-state index >= 15 is 0 Å². The van der Waals surface area contributed by atoms with E-state index in [0.717, 1.165) is 25.6 Å². The second-order valence-electron chi connectivity index (χ2n) is 7.22. The molecule has 0 amide bonds. The lowest BCUT2D eigenvalue weighted by Crippen LogP contribution is -2.64. The van der Waals surface area contributed by atoms with Crippen molar-refractivity contribution in [2.75, 3.05) is 73.0 Å². The van der Waals surface area contributed by atoms with Gasteiger partial charge in [-0.05, 0) is 25.9 Å². The maximum absolute atomic E-state index is 4.51. The van der Waals surface area contributed by atoms with Gasteiger partial charge in [0.2, 0.25) is 0 Å². The minimum Gasteiger partial charge on any atom is -0.355 e. The fourth-order valence-electron chi connectivity index (χ4n) is 4.43. The van der Waals surface area contributed by atoms with Crippen molar-refractivity contribution < 1.29 is 0 Å². The summed E-state index contributed by atoms with van der Waals surface area (Å²) in [5.74, 6) is 1.05. The summed E-state index contributed by atoms with van der Waals surface area (Å²) in [6, 6.07) is 1.32. The minimum atomic E-state index is 0.640. The maximum atomic E-state index is 4.51. The zero-order valence-electron chi connectivity index (χ0n) is 15.2. The van der Waals surface area contributed by atoms with Crippen molar-refractivity contribution in [2.45, 2.75) is 31.8 Å². The first-order valence-corrected chi connectivity index (χ1v) is 9.33. The van der Waals surface area contributed by atoms with Crippen molar-refractivity contribution in [2.24, 2.45) is 4.99 Å². The van der Waals surface area contributed by atoms with Gasteiger partial charge in [-0.1, -0.05) is 6.92 Å². The van der Waals surface area contributed by atoms with Crippen LogP contribution in [0.15, 0.2) is 4.99 Å². The van der Waals surface area contributed by atoms with Gasteiger partial charge >= 0.3 is 0 Å². The highest BCUT2D eigenvalue weighted by Crippen LogP contribution is 2.17. The number of likely N-dealkylation sites (N-methyl/N-ethyl adjacent to an activating group) is 2. The van der Waals surface area contributed by atoms with Gasteiger partial charge < -0.3 is 10.2 Å². The molecule has 2 atom stereocenters. The molecule has 4 rings (SSSR count). The fourth-order valence-corrected chi connectivity index (χ4v) is 4.43. The van der Waals surface area contributed by atoms with Crippen LogP contribution in [0.5, 0.6) is 0 Å². The number of hydrogen-bond acceptors (Lipinski definition) is 4. The van der Waals surface area contributed by atoms with E-state index in [0.29, 0.717) is 12.1 Å². The molecular formula is C17H34N6. The van der Waals surface area contributed by atoms with Crippen LogP contribution in [0.4, 0.5) is 0 Å². The zero-order valence-corrected chi connectivity index (χ0v) is 15.2. The number of piperazine rings is 3. The molecule has 0 aromatic heterocycles.